The summed E-state index contributed by atoms with van der Waals surface area (Å²) in [6.45, 7) is 3.52. The van der Waals surface area contributed by atoms with Gasteiger partial charge < -0.3 is 15.1 Å². The fourth-order valence-corrected chi connectivity index (χ4v) is 4.90. The molecular formula is C23H34N4O. The predicted octanol–water partition coefficient (Wildman–Crippen LogP) is 3.71. The first-order chi connectivity index (χ1) is 13.6. The summed E-state index contributed by atoms with van der Waals surface area (Å²) in [6, 6.07) is 9.33. The lowest BCUT2D eigenvalue weighted by molar-refractivity contribution is 0.173. The van der Waals surface area contributed by atoms with Gasteiger partial charge in [-0.3, -0.25) is 4.57 Å². The second-order valence-corrected chi connectivity index (χ2v) is 8.79. The van der Waals surface area contributed by atoms with Crippen LogP contribution >= 0.6 is 0 Å². The molecule has 2 aliphatic rings. The number of aromatic nitrogens is 1. The van der Waals surface area contributed by atoms with Crippen molar-refractivity contribution in [1.29, 1.82) is 0 Å². The maximum Gasteiger partial charge on any atom is 0.326 e. The number of hydrogen-bond acceptors (Lipinski definition) is 3. The zero-order valence-corrected chi connectivity index (χ0v) is 17.4. The van der Waals surface area contributed by atoms with E-state index in [0.717, 1.165) is 37.4 Å². The van der Waals surface area contributed by atoms with E-state index < -0.39 is 0 Å². The first-order valence-corrected chi connectivity index (χ1v) is 10.9. The minimum atomic E-state index is 0.0249. The van der Waals surface area contributed by atoms with Crippen LogP contribution in [-0.2, 0) is 6.42 Å². The minimum Gasteiger partial charge on any atom is -0.335 e. The van der Waals surface area contributed by atoms with Gasteiger partial charge in [-0.15, -0.1) is 0 Å². The number of benzene rings is 1. The van der Waals surface area contributed by atoms with Crippen LogP contribution in [0.15, 0.2) is 30.5 Å². The fourth-order valence-electron chi connectivity index (χ4n) is 4.90. The Kier molecular flexibility index (Phi) is 6.02. The largest absolute Gasteiger partial charge is 0.335 e. The quantitative estimate of drug-likeness (QED) is 0.857. The Hall–Kier alpha value is -1.85. The molecule has 0 radical (unpaired) electrons. The van der Waals surface area contributed by atoms with Gasteiger partial charge in [-0.25, -0.2) is 4.79 Å². The molecule has 0 spiro atoms. The molecule has 0 atom stereocenters. The number of likely N-dealkylation sites (N-methyl/N-ethyl adjacent to an activating group) is 1. The Balaban J connectivity index is 1.41. The third kappa shape index (κ3) is 4.26. The molecule has 1 aromatic carbocycles. The molecule has 5 nitrogen and oxygen atoms in total. The Morgan fingerprint density at radius 2 is 1.82 bits per heavy atom. The molecule has 5 heteroatoms. The number of nitrogens with zero attached hydrogens (tertiary/aromatic N) is 3. The summed E-state index contributed by atoms with van der Waals surface area (Å²) in [4.78, 5) is 17.9. The number of likely N-dealkylation sites (tertiary alicyclic amines) is 1. The van der Waals surface area contributed by atoms with Gasteiger partial charge in [-0.2, -0.15) is 0 Å². The van der Waals surface area contributed by atoms with Crippen LogP contribution in [0.4, 0.5) is 4.79 Å². The summed E-state index contributed by atoms with van der Waals surface area (Å²) in [6.07, 6.45) is 10.3. The van der Waals surface area contributed by atoms with E-state index in [4.69, 9.17) is 0 Å². The average Bonchev–Trinajstić information content (AvgIpc) is 3.35. The maximum atomic E-state index is 13.0. The molecule has 2 fully saturated rings. The lowest BCUT2D eigenvalue weighted by atomic mass is 9.90. The number of hydrogen-bond donors (Lipinski definition) is 1. The number of carbonyl (C=O) groups is 1. The molecule has 4 rings (SSSR count). The SMILES string of the molecule is CN(C)CCc1cn(C(=O)NC2CCC(N3CCCC3)CC2)c2ccccc12. The van der Waals surface area contributed by atoms with Gasteiger partial charge >= 0.3 is 6.03 Å². The fraction of sp³-hybridized carbons (Fsp3) is 0.609. The average molecular weight is 383 g/mol. The lowest BCUT2D eigenvalue weighted by Crippen LogP contribution is -2.44. The van der Waals surface area contributed by atoms with E-state index in [1.165, 1.54) is 49.7 Å². The maximum absolute atomic E-state index is 13.0. The summed E-state index contributed by atoms with van der Waals surface area (Å²) < 4.78 is 1.83. The van der Waals surface area contributed by atoms with E-state index in [-0.39, 0.29) is 6.03 Å². The van der Waals surface area contributed by atoms with Gasteiger partial charge in [-0.05, 0) is 83.8 Å². The van der Waals surface area contributed by atoms with Crippen molar-refractivity contribution < 1.29 is 4.79 Å². The highest BCUT2D eigenvalue weighted by molar-refractivity contribution is 5.93. The molecule has 0 bridgehead atoms. The highest BCUT2D eigenvalue weighted by Gasteiger charge is 2.28. The summed E-state index contributed by atoms with van der Waals surface area (Å²) in [5.41, 5.74) is 2.26. The highest BCUT2D eigenvalue weighted by atomic mass is 16.2. The third-order valence-corrected chi connectivity index (χ3v) is 6.52. The third-order valence-electron chi connectivity index (χ3n) is 6.52. The van der Waals surface area contributed by atoms with Gasteiger partial charge in [0.1, 0.15) is 0 Å². The van der Waals surface area contributed by atoms with Crippen LogP contribution in [0, 0.1) is 0 Å². The van der Waals surface area contributed by atoms with Crippen LogP contribution in [0.1, 0.15) is 44.1 Å². The molecule has 1 amide bonds. The van der Waals surface area contributed by atoms with E-state index in [9.17, 15) is 4.79 Å². The van der Waals surface area contributed by atoms with Crippen LogP contribution in [0.5, 0.6) is 0 Å². The van der Waals surface area contributed by atoms with Gasteiger partial charge in [0.25, 0.3) is 0 Å². The molecule has 1 aromatic heterocycles. The van der Waals surface area contributed by atoms with Crippen LogP contribution in [0.25, 0.3) is 10.9 Å². The van der Waals surface area contributed by atoms with Crippen LogP contribution in [0.2, 0.25) is 0 Å². The van der Waals surface area contributed by atoms with Crippen molar-refractivity contribution in [3.8, 4) is 0 Å². The number of rotatable bonds is 5. The van der Waals surface area contributed by atoms with Gasteiger partial charge in [0.2, 0.25) is 0 Å². The molecule has 2 heterocycles. The summed E-state index contributed by atoms with van der Waals surface area (Å²) in [5, 5.41) is 4.50. The molecule has 1 saturated carbocycles. The molecule has 28 heavy (non-hydrogen) atoms. The summed E-state index contributed by atoms with van der Waals surface area (Å²) in [5.74, 6) is 0. The topological polar surface area (TPSA) is 40.5 Å². The minimum absolute atomic E-state index is 0.0249. The molecule has 1 aliphatic heterocycles. The Morgan fingerprint density at radius 3 is 2.54 bits per heavy atom. The first kappa shape index (κ1) is 19.5. The van der Waals surface area contributed by atoms with Gasteiger partial charge in [-0.1, -0.05) is 18.2 Å². The van der Waals surface area contributed by atoms with Gasteiger partial charge in [0.15, 0.2) is 0 Å². The van der Waals surface area contributed by atoms with Crippen molar-refractivity contribution >= 4 is 16.9 Å². The van der Waals surface area contributed by atoms with E-state index in [0.29, 0.717) is 6.04 Å². The predicted molar refractivity (Wildman–Crippen MR) is 115 cm³/mol. The molecule has 1 aliphatic carbocycles. The Bertz CT molecular complexity index is 798. The molecule has 2 aromatic rings. The number of fused-ring (bicyclic) bond motifs is 1. The standard InChI is InChI=1S/C23H34N4O/c1-25(2)16-13-18-17-27(22-8-4-3-7-21(18)22)23(28)24-19-9-11-20(12-10-19)26-14-5-6-15-26/h3-4,7-8,17,19-20H,5-6,9-16H2,1-2H3,(H,24,28). The van der Waals surface area contributed by atoms with E-state index >= 15 is 0 Å². The van der Waals surface area contributed by atoms with Crippen molar-refractivity contribution in [3.05, 3.63) is 36.0 Å². The van der Waals surface area contributed by atoms with Crippen LogP contribution in [0.3, 0.4) is 0 Å². The Morgan fingerprint density at radius 1 is 1.11 bits per heavy atom. The number of nitrogens with one attached hydrogen (secondary N) is 1. The van der Waals surface area contributed by atoms with Crippen molar-refractivity contribution in [2.75, 3.05) is 33.7 Å². The normalized spacial score (nSPS) is 23.5. The highest BCUT2D eigenvalue weighted by Crippen LogP contribution is 2.27. The monoisotopic (exact) mass is 382 g/mol. The van der Waals surface area contributed by atoms with E-state index in [2.05, 4.69) is 47.4 Å². The second-order valence-electron chi connectivity index (χ2n) is 8.79. The van der Waals surface area contributed by atoms with Crippen molar-refractivity contribution in [2.24, 2.45) is 0 Å². The zero-order chi connectivity index (χ0) is 19.5. The number of amides is 1. The van der Waals surface area contributed by atoms with Crippen molar-refractivity contribution in [3.63, 3.8) is 0 Å². The molecule has 0 unspecified atom stereocenters. The second kappa shape index (κ2) is 8.66. The zero-order valence-electron chi connectivity index (χ0n) is 17.4. The summed E-state index contributed by atoms with van der Waals surface area (Å²) in [7, 11) is 4.18. The first-order valence-electron chi connectivity index (χ1n) is 10.9. The Labute approximate surface area is 168 Å². The van der Waals surface area contributed by atoms with Crippen LogP contribution in [-0.4, -0.2) is 66.2 Å². The van der Waals surface area contributed by atoms with Crippen LogP contribution < -0.4 is 5.32 Å². The van der Waals surface area contributed by atoms with Crippen molar-refractivity contribution in [2.45, 2.75) is 57.0 Å². The molecule has 1 saturated heterocycles. The smallest absolute Gasteiger partial charge is 0.326 e. The van der Waals surface area contributed by atoms with E-state index in [1.54, 1.807) is 0 Å². The summed E-state index contributed by atoms with van der Waals surface area (Å²) >= 11 is 0. The lowest BCUT2D eigenvalue weighted by Gasteiger charge is -2.34. The molecular weight excluding hydrogens is 348 g/mol. The molecule has 1 N–H and O–H groups in total. The van der Waals surface area contributed by atoms with Gasteiger partial charge in [0, 0.05) is 30.2 Å². The van der Waals surface area contributed by atoms with Crippen molar-refractivity contribution in [1.82, 2.24) is 19.7 Å². The number of carbonyl (C=O) groups excluding carboxylic acids is 1. The van der Waals surface area contributed by atoms with E-state index in [1.807, 2.05) is 16.8 Å². The van der Waals surface area contributed by atoms with Gasteiger partial charge in [0.05, 0.1) is 5.52 Å². The molecule has 152 valence electrons. The number of para-hydroxylation sites is 1.